The van der Waals surface area contributed by atoms with Crippen molar-refractivity contribution in [2.75, 3.05) is 0 Å². The van der Waals surface area contributed by atoms with Crippen molar-refractivity contribution in [2.45, 2.75) is 270 Å². The number of fused-ring (bicyclic) bond motifs is 7. The summed E-state index contributed by atoms with van der Waals surface area (Å²) in [6.07, 6.45) is 0. The first-order valence-electron chi connectivity index (χ1n) is 36.2. The third kappa shape index (κ3) is 14.3. The van der Waals surface area contributed by atoms with Crippen LogP contribution in [0.1, 0.15) is 216 Å². The third-order valence-electron chi connectivity index (χ3n) is 24.5. The minimum Gasteiger partial charge on any atom is -0.461 e. The van der Waals surface area contributed by atoms with Crippen LogP contribution in [-0.2, 0) is 0 Å². The standard InChI is InChI=1S/4C14H18O.3C12H15NS/c4*1-7-8(2)10(4)14-13(9(7)3)11(5)12(6)15-14;3*1-6-7(2)9(4)12-11(8(6)3)13-10(5)14-12/h4*1-6H3;3*1-5H3. The highest BCUT2D eigenvalue weighted by Crippen LogP contribution is 2.41. The molecule has 0 fully saturated rings. The van der Waals surface area contributed by atoms with Gasteiger partial charge < -0.3 is 17.7 Å². The second-order valence-corrected chi connectivity index (χ2v) is 33.3. The highest BCUT2D eigenvalue weighted by atomic mass is 32.1. The van der Waals surface area contributed by atoms with Gasteiger partial charge in [-0.15, -0.1) is 34.0 Å². The van der Waals surface area contributed by atoms with Crippen LogP contribution in [0.5, 0.6) is 0 Å². The zero-order valence-electron chi connectivity index (χ0n) is 69.7. The molecule has 0 unspecified atom stereocenters. The number of benzene rings is 7. The lowest BCUT2D eigenvalue weighted by atomic mass is 9.94. The Bertz CT molecular complexity index is 4900. The van der Waals surface area contributed by atoms with E-state index in [4.69, 9.17) is 17.7 Å². The van der Waals surface area contributed by atoms with E-state index in [2.05, 4.69) is 257 Å². The maximum Gasteiger partial charge on any atom is 0.137 e. The van der Waals surface area contributed by atoms with Crippen LogP contribution < -0.4 is 0 Å². The van der Waals surface area contributed by atoms with Crippen LogP contribution in [0.4, 0.5) is 0 Å². The van der Waals surface area contributed by atoms with Crippen molar-refractivity contribution < 1.29 is 17.7 Å². The van der Waals surface area contributed by atoms with E-state index in [0.29, 0.717) is 0 Å². The lowest BCUT2D eigenvalue weighted by molar-refractivity contribution is 0.572. The lowest BCUT2D eigenvalue weighted by Crippen LogP contribution is -1.92. The monoisotopic (exact) mass is 1420 g/mol. The fourth-order valence-electron chi connectivity index (χ4n) is 14.6. The summed E-state index contributed by atoms with van der Waals surface area (Å²) < 4.78 is 27.5. The van der Waals surface area contributed by atoms with Gasteiger partial charge in [0.25, 0.3) is 0 Å². The number of furan rings is 4. The molecule has 10 heteroatoms. The summed E-state index contributed by atoms with van der Waals surface area (Å²) in [4.78, 5) is 13.8. The van der Waals surface area contributed by atoms with Gasteiger partial charge in [0, 0.05) is 21.5 Å². The molecule has 0 aliphatic rings. The second-order valence-electron chi connectivity index (χ2n) is 29.7. The predicted molar refractivity (Wildman–Crippen MR) is 448 cm³/mol. The Labute approximate surface area is 623 Å². The number of aromatic nitrogens is 3. The number of hydrogen-bond donors (Lipinski definition) is 0. The van der Waals surface area contributed by atoms with Gasteiger partial charge in [-0.25, -0.2) is 15.0 Å². The summed E-state index contributed by atoms with van der Waals surface area (Å²) in [5.41, 5.74) is 51.2. The minimum absolute atomic E-state index is 1.04. The van der Waals surface area contributed by atoms with E-state index < -0.39 is 0 Å². The minimum atomic E-state index is 1.04. The van der Waals surface area contributed by atoms with Crippen molar-refractivity contribution in [1.29, 1.82) is 0 Å². The normalized spacial score (nSPS) is 11.3. The molecule has 0 radical (unpaired) electrons. The van der Waals surface area contributed by atoms with Gasteiger partial charge in [0.1, 0.15) is 45.4 Å². The number of thiazole rings is 3. The van der Waals surface area contributed by atoms with Gasteiger partial charge in [0.05, 0.1) is 45.7 Å². The summed E-state index contributed by atoms with van der Waals surface area (Å²) in [5.74, 6) is 4.17. The highest BCUT2D eigenvalue weighted by Gasteiger charge is 2.22. The molecular weight excluding hydrogens is 1310 g/mol. The Morgan fingerprint density at radius 3 is 0.480 bits per heavy atom. The SMILES string of the molecule is Cc1nc2c(C)c(C)c(C)c(C)c2s1.Cc1nc2c(C)c(C)c(C)c(C)c2s1.Cc1nc2c(C)c(C)c(C)c(C)c2s1.Cc1oc2c(C)c(C)c(C)c(C)c2c1C.Cc1oc2c(C)c(C)c(C)c(C)c2c1C.Cc1oc2c(C)c(C)c(C)c(C)c2c1C.Cc1oc2c(C)c(C)c(C)c(C)c2c1C. The Balaban J connectivity index is 0.000000151. The molecule has 0 saturated carbocycles. The van der Waals surface area contributed by atoms with E-state index in [-0.39, 0.29) is 0 Å². The molecule has 7 aromatic carbocycles. The molecule has 0 amide bonds. The van der Waals surface area contributed by atoms with Crippen molar-refractivity contribution in [1.82, 2.24) is 15.0 Å². The molecule has 0 aliphatic heterocycles. The van der Waals surface area contributed by atoms with Crippen molar-refractivity contribution >= 4 is 109 Å². The maximum atomic E-state index is 5.85. The van der Waals surface area contributed by atoms with E-state index in [1.165, 1.54) is 230 Å². The van der Waals surface area contributed by atoms with Crippen molar-refractivity contribution in [3.05, 3.63) is 216 Å². The van der Waals surface area contributed by atoms with Gasteiger partial charge >= 0.3 is 0 Å². The van der Waals surface area contributed by atoms with Crippen LogP contribution in [0.25, 0.3) is 74.5 Å². The van der Waals surface area contributed by atoms with Crippen molar-refractivity contribution in [3.8, 4) is 0 Å². The largest absolute Gasteiger partial charge is 0.461 e. The first-order valence-corrected chi connectivity index (χ1v) is 38.6. The molecule has 14 aromatic rings. The molecule has 7 nitrogen and oxygen atoms in total. The molecule has 0 atom stereocenters. The Kier molecular flexibility index (Phi) is 24.0. The van der Waals surface area contributed by atoms with Crippen molar-refractivity contribution in [2.24, 2.45) is 0 Å². The van der Waals surface area contributed by atoms with Crippen LogP contribution in [-0.4, -0.2) is 15.0 Å². The fraction of sp³-hybridized carbons (Fsp3) is 0.424. The summed E-state index contributed by atoms with van der Waals surface area (Å²) in [6, 6.07) is 0. The lowest BCUT2D eigenvalue weighted by Gasteiger charge is -2.10. The topological polar surface area (TPSA) is 91.2 Å². The molecule has 0 aliphatic carbocycles. The smallest absolute Gasteiger partial charge is 0.137 e. The van der Waals surface area contributed by atoms with Gasteiger partial charge in [-0.2, -0.15) is 0 Å². The molecule has 7 aromatic heterocycles. The second kappa shape index (κ2) is 30.6. The van der Waals surface area contributed by atoms with Crippen LogP contribution in [0.2, 0.25) is 0 Å². The summed E-state index contributed by atoms with van der Waals surface area (Å²) in [5, 5.41) is 8.74. The first-order chi connectivity index (χ1) is 47.3. The summed E-state index contributed by atoms with van der Waals surface area (Å²) in [7, 11) is 0. The molecule has 102 heavy (non-hydrogen) atoms. The molecule has 0 spiro atoms. The van der Waals surface area contributed by atoms with E-state index in [0.717, 1.165) is 60.4 Å². The molecule has 14 rings (SSSR count). The number of nitrogens with zero attached hydrogens (tertiary/aromatic N) is 3. The average Bonchev–Trinajstić information content (AvgIpc) is 1.65. The van der Waals surface area contributed by atoms with E-state index >= 15 is 0 Å². The van der Waals surface area contributed by atoms with Gasteiger partial charge in [0.15, 0.2) is 0 Å². The van der Waals surface area contributed by atoms with Crippen LogP contribution in [0.3, 0.4) is 0 Å². The Hall–Kier alpha value is -7.63. The van der Waals surface area contributed by atoms with Gasteiger partial charge in [-0.05, 0) is 448 Å². The Morgan fingerprint density at radius 2 is 0.304 bits per heavy atom. The van der Waals surface area contributed by atoms with Crippen molar-refractivity contribution in [3.63, 3.8) is 0 Å². The predicted octanol–water partition coefficient (Wildman–Crippen LogP) is 28.6. The highest BCUT2D eigenvalue weighted by molar-refractivity contribution is 7.19. The number of aryl methyl sites for hydroxylation is 25. The van der Waals surface area contributed by atoms with Gasteiger partial charge in [-0.1, -0.05) is 0 Å². The zero-order chi connectivity index (χ0) is 76.7. The average molecular weight is 1430 g/mol. The van der Waals surface area contributed by atoms with Crippen LogP contribution >= 0.6 is 34.0 Å². The molecular formula is C92H117N3O4S3. The van der Waals surface area contributed by atoms with E-state index in [1.807, 2.05) is 27.7 Å². The Morgan fingerprint density at radius 1 is 0.157 bits per heavy atom. The van der Waals surface area contributed by atoms with Crippen LogP contribution in [0, 0.1) is 270 Å². The quantitative estimate of drug-likeness (QED) is 0.149. The summed E-state index contributed by atoms with van der Waals surface area (Å²) in [6.45, 7) is 84.0. The van der Waals surface area contributed by atoms with Crippen LogP contribution in [0.15, 0.2) is 17.7 Å². The molecule has 0 bridgehead atoms. The number of rotatable bonds is 0. The van der Waals surface area contributed by atoms with E-state index in [9.17, 15) is 0 Å². The van der Waals surface area contributed by atoms with Gasteiger partial charge in [0.2, 0.25) is 0 Å². The third-order valence-corrected chi connectivity index (χ3v) is 27.8. The molecule has 7 heterocycles. The molecule has 542 valence electrons. The molecule has 0 saturated heterocycles. The van der Waals surface area contributed by atoms with Gasteiger partial charge in [-0.3, -0.25) is 0 Å². The fourth-order valence-corrected chi connectivity index (χ4v) is 17.7. The maximum absolute atomic E-state index is 5.85. The zero-order valence-corrected chi connectivity index (χ0v) is 72.1. The molecule has 0 N–H and O–H groups in total. The first kappa shape index (κ1) is 80.1. The summed E-state index contributed by atoms with van der Waals surface area (Å²) >= 11 is 5.41. The van der Waals surface area contributed by atoms with E-state index in [1.54, 1.807) is 34.0 Å². The number of hydrogen-bond acceptors (Lipinski definition) is 10.